The molecule has 1 aliphatic carbocycles. The van der Waals surface area contributed by atoms with Crippen LogP contribution >= 0.6 is 24.8 Å². The molecule has 1 aliphatic rings. The third-order valence-electron chi connectivity index (χ3n) is 7.27. The number of benzene rings is 1. The fraction of sp³-hybridized carbons (Fsp3) is 0.368. The smallest absolute Gasteiger partial charge is 0.147 e. The Morgan fingerprint density at radius 1 is 1.08 bits per heavy atom. The van der Waals surface area contributed by atoms with Crippen molar-refractivity contribution in [1.82, 2.24) is 4.98 Å². The number of hydrogen-bond acceptors (Lipinski definition) is 0. The van der Waals surface area contributed by atoms with Crippen LogP contribution in [0.4, 0.5) is 0 Å². The maximum Gasteiger partial charge on any atom is -0.147 e. The number of aromatic nitrogens is 1. The second-order valence-electron chi connectivity index (χ2n) is 9.46. The molecule has 2 aromatic rings. The summed E-state index contributed by atoms with van der Waals surface area (Å²) in [5.74, 6) is 0. The van der Waals surface area contributed by atoms with Crippen molar-refractivity contribution in [2.24, 2.45) is 0 Å². The summed E-state index contributed by atoms with van der Waals surface area (Å²) in [4.78, 5) is 3.83. The summed E-state index contributed by atoms with van der Waals surface area (Å²) in [6.07, 6.45) is 8.08. The van der Waals surface area contributed by atoms with Gasteiger partial charge >= 0.3 is 134 Å². The van der Waals surface area contributed by atoms with Gasteiger partial charge in [-0.3, -0.25) is 0 Å². The van der Waals surface area contributed by atoms with Crippen LogP contribution in [-0.2, 0) is 15.9 Å². The Labute approximate surface area is 157 Å². The van der Waals surface area contributed by atoms with Gasteiger partial charge in [-0.15, -0.1) is 24.8 Å². The fourth-order valence-electron chi connectivity index (χ4n) is 3.77. The van der Waals surface area contributed by atoms with E-state index in [2.05, 4.69) is 90.5 Å². The van der Waals surface area contributed by atoms with Gasteiger partial charge in [-0.25, -0.2) is 0 Å². The normalized spacial score (nSPS) is 17.5. The zero-order valence-corrected chi connectivity index (χ0v) is 20.9. The van der Waals surface area contributed by atoms with E-state index in [0.29, 0.717) is 0 Å². The van der Waals surface area contributed by atoms with Crippen LogP contribution in [-0.4, -0.2) is 11.9 Å². The molecule has 1 N–H and O–H groups in total. The maximum absolute atomic E-state index is 3.90. The first kappa shape index (κ1) is 22.0. The number of halogens is 2. The first-order valence-corrected chi connectivity index (χ1v) is 22.7. The predicted molar refractivity (Wildman–Crippen MR) is 114 cm³/mol. The first-order valence-electron chi connectivity index (χ1n) is 8.23. The van der Waals surface area contributed by atoms with Crippen molar-refractivity contribution < 1.29 is 15.9 Å². The zero-order valence-electron chi connectivity index (χ0n) is 15.3. The zero-order chi connectivity index (χ0) is 16.3. The molecule has 0 saturated heterocycles. The predicted octanol–water partition coefficient (Wildman–Crippen LogP) is 5.57. The summed E-state index contributed by atoms with van der Waals surface area (Å²) in [5, 5.41) is 1.33. The van der Waals surface area contributed by atoms with Crippen LogP contribution in [0.15, 0.2) is 51.8 Å². The average molecular weight is 463 g/mol. The largest absolute Gasteiger partial charge is 0.147 e. The van der Waals surface area contributed by atoms with Crippen LogP contribution in [0.5, 0.6) is 0 Å². The molecule has 24 heavy (non-hydrogen) atoms. The second kappa shape index (κ2) is 5.98. The molecule has 1 heterocycles. The molecule has 133 valence electrons. The van der Waals surface area contributed by atoms with Crippen LogP contribution < -0.4 is 3.40 Å². The van der Waals surface area contributed by atoms with Crippen molar-refractivity contribution in [1.29, 1.82) is 0 Å². The average Bonchev–Trinajstić information content (AvgIpc) is 3.08. The van der Waals surface area contributed by atoms with Gasteiger partial charge in [-0.2, -0.15) is 0 Å². The molecule has 0 fully saturated rings. The third kappa shape index (κ3) is 2.58. The Bertz CT molecular complexity index is 889. The molecule has 0 radical (unpaired) electrons. The van der Waals surface area contributed by atoms with Gasteiger partial charge in [-0.05, 0) is 0 Å². The van der Waals surface area contributed by atoms with Gasteiger partial charge in [0.05, 0.1) is 0 Å². The Morgan fingerprint density at radius 3 is 2.21 bits per heavy atom. The van der Waals surface area contributed by atoms with Crippen LogP contribution in [0, 0.1) is 0 Å². The molecule has 0 unspecified atom stereocenters. The topological polar surface area (TPSA) is 15.8 Å². The molecule has 3 rings (SSSR count). The standard InChI is InChI=1S/C8H6N.C5H5.C4H9.2CH3.2ClH.H2Si.Zr/c1-2-4-8-7(3-1)5-6-9-8;1-2-4-5-3-1;1-4(2)3;;;;;;/h1-5,9H;1-3H,4H2;1-3H3;2*1H3;2*1H;1H2;. The second-order valence-corrected chi connectivity index (χ2v) is 48.4. The summed E-state index contributed by atoms with van der Waals surface area (Å²) in [6, 6.07) is 11.1. The molecular formula is C19H30Cl2NSiZr. The molecule has 0 amide bonds. The maximum atomic E-state index is 3.83. The quantitative estimate of drug-likeness (QED) is 0.562. The van der Waals surface area contributed by atoms with Crippen molar-refractivity contribution in [2.75, 3.05) is 0 Å². The number of aromatic amines is 1. The Hall–Kier alpha value is -0.0800. The van der Waals surface area contributed by atoms with E-state index in [1.165, 1.54) is 14.3 Å². The van der Waals surface area contributed by atoms with Gasteiger partial charge in [-0.1, -0.05) is 0 Å². The van der Waals surface area contributed by atoms with Crippen LogP contribution in [0.3, 0.4) is 0 Å². The van der Waals surface area contributed by atoms with Crippen molar-refractivity contribution in [3.63, 3.8) is 0 Å². The third-order valence-corrected chi connectivity index (χ3v) is 44.5. The number of nitrogens with one attached hydrogen (secondary N) is 1. The van der Waals surface area contributed by atoms with Crippen LogP contribution in [0.25, 0.3) is 10.9 Å². The molecule has 0 bridgehead atoms. The van der Waals surface area contributed by atoms with E-state index >= 15 is 0 Å². The molecule has 1 aromatic carbocycles. The fourth-order valence-corrected chi connectivity index (χ4v) is 18.7. The summed E-state index contributed by atoms with van der Waals surface area (Å²) in [6.45, 7) is 9.68. The Morgan fingerprint density at radius 2 is 1.71 bits per heavy atom. The number of allylic oxidation sites excluding steroid dienone is 4. The molecule has 5 heteroatoms. The van der Waals surface area contributed by atoms with E-state index in [-0.39, 0.29) is 27.9 Å². The van der Waals surface area contributed by atoms with Gasteiger partial charge in [0.25, 0.3) is 0 Å². The minimum Gasteiger partial charge on any atom is -0.147 e. The molecule has 0 aliphatic heterocycles. The van der Waals surface area contributed by atoms with Crippen molar-refractivity contribution in [2.45, 2.75) is 39.6 Å². The minimum absolute atomic E-state index is 0. The van der Waals surface area contributed by atoms with Gasteiger partial charge in [0.15, 0.2) is 0 Å². The number of hydrogen-bond donors (Lipinski definition) is 1. The molecule has 1 aromatic heterocycles. The first-order chi connectivity index (χ1) is 10.00. The molecule has 0 saturated carbocycles. The van der Waals surface area contributed by atoms with Gasteiger partial charge < -0.3 is 0 Å². The van der Waals surface area contributed by atoms with E-state index in [0.717, 1.165) is 6.42 Å². The van der Waals surface area contributed by atoms with E-state index in [4.69, 9.17) is 0 Å². The van der Waals surface area contributed by atoms with Gasteiger partial charge in [0.1, 0.15) is 0 Å². The van der Waals surface area contributed by atoms with Gasteiger partial charge in [0.2, 0.25) is 0 Å². The molecule has 1 nitrogen and oxygen atoms in total. The number of para-hydroxylation sites is 1. The molecular weight excluding hydrogens is 432 g/mol. The summed E-state index contributed by atoms with van der Waals surface area (Å²) in [5.41, 5.74) is 1.27. The van der Waals surface area contributed by atoms with Crippen molar-refractivity contribution in [3.8, 4) is 0 Å². The Kier molecular flexibility index (Phi) is 5.47. The van der Waals surface area contributed by atoms with Crippen molar-refractivity contribution in [3.05, 3.63) is 51.8 Å². The number of fused-ring (bicyclic) bond motifs is 1. The number of rotatable bonds is 2. The van der Waals surface area contributed by atoms with E-state index in [9.17, 15) is 0 Å². The van der Waals surface area contributed by atoms with Crippen LogP contribution in [0.2, 0.25) is 12.4 Å². The van der Waals surface area contributed by atoms with Gasteiger partial charge in [0, 0.05) is 0 Å². The number of H-pyrrole nitrogens is 1. The molecule has 0 atom stereocenters. The van der Waals surface area contributed by atoms with Crippen molar-refractivity contribution >= 4 is 46.0 Å². The summed E-state index contributed by atoms with van der Waals surface area (Å²) < 4.78 is 8.69. The monoisotopic (exact) mass is 460 g/mol. The molecule has 0 spiro atoms. The van der Waals surface area contributed by atoms with E-state index < -0.39 is 15.9 Å². The Balaban J connectivity index is 0.00000144. The summed E-state index contributed by atoms with van der Waals surface area (Å²) >= 11 is -3.90. The van der Waals surface area contributed by atoms with E-state index in [1.807, 2.05) is 0 Å². The minimum atomic E-state index is -3.90. The van der Waals surface area contributed by atoms with Crippen LogP contribution in [0.1, 0.15) is 27.2 Å². The summed E-state index contributed by atoms with van der Waals surface area (Å²) in [7, 11) is 0. The van der Waals surface area contributed by atoms with E-state index in [1.54, 1.807) is 3.28 Å². The SMILES string of the molecule is C[C](C)(C)[Zr]([CH3])([CH3])(=[SiH2])([C]1=CC=CC1)[c]1cc2ccccc2[nH]1.Cl.Cl.